The summed E-state index contributed by atoms with van der Waals surface area (Å²) in [6, 6.07) is 14.9. The molecule has 1 N–H and O–H groups in total. The molecule has 0 radical (unpaired) electrons. The van der Waals surface area contributed by atoms with E-state index in [2.05, 4.69) is 16.9 Å². The van der Waals surface area contributed by atoms with Crippen molar-refractivity contribution in [3.05, 3.63) is 75.8 Å². The van der Waals surface area contributed by atoms with E-state index in [0.717, 1.165) is 25.9 Å². The minimum absolute atomic E-state index is 0.0149. The summed E-state index contributed by atoms with van der Waals surface area (Å²) in [6.07, 6.45) is 2.88. The molecule has 2 aromatic carbocycles. The van der Waals surface area contributed by atoms with Gasteiger partial charge in [-0.1, -0.05) is 31.2 Å². The maximum absolute atomic E-state index is 13.2. The van der Waals surface area contributed by atoms with Crippen LogP contribution in [-0.4, -0.2) is 40.0 Å². The minimum atomic E-state index is -0.192. The molecule has 0 saturated carbocycles. The largest absolute Gasteiger partial charge is 0.376 e. The second kappa shape index (κ2) is 8.57. The number of carbonyl (C=O) groups is 1. The lowest BCUT2D eigenvalue weighted by Crippen LogP contribution is -2.37. The second-order valence-corrected chi connectivity index (χ2v) is 7.40. The molecule has 3 aromatic rings. The molecule has 1 atom stereocenters. The highest BCUT2D eigenvalue weighted by Crippen LogP contribution is 2.17. The second-order valence-electron chi connectivity index (χ2n) is 7.40. The van der Waals surface area contributed by atoms with Gasteiger partial charge in [0.25, 0.3) is 11.5 Å². The fraction of sp³-hybridized carbons (Fsp3) is 0.348. The molecule has 1 saturated heterocycles. The normalized spacial score (nSPS) is 16.2. The first kappa shape index (κ1) is 19.3. The van der Waals surface area contributed by atoms with Gasteiger partial charge in [-0.25, -0.2) is 4.98 Å². The number of aryl methyl sites for hydroxylation is 1. The van der Waals surface area contributed by atoms with Crippen molar-refractivity contribution >= 4 is 16.8 Å². The van der Waals surface area contributed by atoms with Crippen LogP contribution in [0, 0.1) is 0 Å². The van der Waals surface area contributed by atoms with Crippen LogP contribution < -0.4 is 5.56 Å². The molecule has 6 nitrogen and oxygen atoms in total. The lowest BCUT2D eigenvalue weighted by atomic mass is 10.1. The minimum Gasteiger partial charge on any atom is -0.376 e. The third-order valence-corrected chi connectivity index (χ3v) is 5.35. The van der Waals surface area contributed by atoms with Gasteiger partial charge in [0, 0.05) is 18.7 Å². The molecule has 1 aliphatic rings. The number of amides is 1. The molecule has 2 heterocycles. The monoisotopic (exact) mass is 391 g/mol. The zero-order valence-corrected chi connectivity index (χ0v) is 16.6. The predicted octanol–water partition coefficient (Wildman–Crippen LogP) is 3.31. The average molecular weight is 391 g/mol. The molecule has 29 heavy (non-hydrogen) atoms. The summed E-state index contributed by atoms with van der Waals surface area (Å²) in [5.74, 6) is 0.393. The van der Waals surface area contributed by atoms with Crippen molar-refractivity contribution in [1.82, 2.24) is 14.9 Å². The Morgan fingerprint density at radius 2 is 2.00 bits per heavy atom. The van der Waals surface area contributed by atoms with Gasteiger partial charge in [0.2, 0.25) is 0 Å². The highest BCUT2D eigenvalue weighted by molar-refractivity contribution is 5.94. The van der Waals surface area contributed by atoms with Gasteiger partial charge in [-0.3, -0.25) is 9.59 Å². The number of hydrogen-bond donors (Lipinski definition) is 1. The number of nitrogens with one attached hydrogen (secondary N) is 1. The van der Waals surface area contributed by atoms with Gasteiger partial charge in [0.15, 0.2) is 0 Å². The van der Waals surface area contributed by atoms with Gasteiger partial charge in [-0.15, -0.1) is 0 Å². The molecule has 4 rings (SSSR count). The molecule has 0 unspecified atom stereocenters. The Hall–Kier alpha value is -2.99. The number of nitrogens with zero attached hydrogens (tertiary/aromatic N) is 2. The van der Waals surface area contributed by atoms with Gasteiger partial charge in [-0.2, -0.15) is 0 Å². The standard InChI is InChI=1S/C23H25N3O3/c1-2-16-9-11-17(12-10-16)23(28)26(14-18-6-5-13-29-18)15-21-24-20-8-4-3-7-19(20)22(27)25-21/h3-4,7-12,18H,2,5-6,13-15H2,1H3,(H,24,25,27)/t18-/m0/s1. The quantitative estimate of drug-likeness (QED) is 0.700. The molecule has 1 fully saturated rings. The first-order valence-corrected chi connectivity index (χ1v) is 10.1. The van der Waals surface area contributed by atoms with Crippen LogP contribution in [-0.2, 0) is 17.7 Å². The summed E-state index contributed by atoms with van der Waals surface area (Å²) in [5.41, 5.74) is 2.25. The van der Waals surface area contributed by atoms with Crippen molar-refractivity contribution in [2.75, 3.05) is 13.2 Å². The number of hydrogen-bond acceptors (Lipinski definition) is 4. The maximum Gasteiger partial charge on any atom is 0.258 e. The van der Waals surface area contributed by atoms with E-state index in [1.54, 1.807) is 11.0 Å². The molecule has 1 aliphatic heterocycles. The van der Waals surface area contributed by atoms with E-state index < -0.39 is 0 Å². The number of para-hydroxylation sites is 1. The fourth-order valence-corrected chi connectivity index (χ4v) is 3.71. The zero-order chi connectivity index (χ0) is 20.2. The number of benzene rings is 2. The average Bonchev–Trinajstić information content (AvgIpc) is 3.26. The van der Waals surface area contributed by atoms with Crippen LogP contribution in [0.25, 0.3) is 10.9 Å². The van der Waals surface area contributed by atoms with Crippen LogP contribution >= 0.6 is 0 Å². The lowest BCUT2D eigenvalue weighted by molar-refractivity contribution is 0.0501. The molecule has 0 spiro atoms. The highest BCUT2D eigenvalue weighted by atomic mass is 16.5. The van der Waals surface area contributed by atoms with E-state index in [1.807, 2.05) is 42.5 Å². The summed E-state index contributed by atoms with van der Waals surface area (Å²) in [7, 11) is 0. The molecule has 0 bridgehead atoms. The molecule has 1 amide bonds. The molecule has 150 valence electrons. The molecular weight excluding hydrogens is 366 g/mol. The van der Waals surface area contributed by atoms with Crippen molar-refractivity contribution in [3.8, 4) is 0 Å². The van der Waals surface area contributed by atoms with Crippen LogP contribution in [0.15, 0.2) is 53.3 Å². The Balaban J connectivity index is 1.62. The van der Waals surface area contributed by atoms with Gasteiger partial charge < -0.3 is 14.6 Å². The first-order valence-electron chi connectivity index (χ1n) is 10.1. The summed E-state index contributed by atoms with van der Waals surface area (Å²) in [4.78, 5) is 34.8. The van der Waals surface area contributed by atoms with Crippen LogP contribution in [0.2, 0.25) is 0 Å². The van der Waals surface area contributed by atoms with Crippen LogP contribution in [0.1, 0.15) is 41.5 Å². The van der Waals surface area contributed by atoms with E-state index in [9.17, 15) is 9.59 Å². The zero-order valence-electron chi connectivity index (χ0n) is 16.6. The molecule has 1 aromatic heterocycles. The van der Waals surface area contributed by atoms with Crippen molar-refractivity contribution in [2.24, 2.45) is 0 Å². The Bertz CT molecular complexity index is 1050. The van der Waals surface area contributed by atoms with Gasteiger partial charge in [0.05, 0.1) is 23.6 Å². The van der Waals surface area contributed by atoms with E-state index in [4.69, 9.17) is 4.74 Å². The van der Waals surface area contributed by atoms with Gasteiger partial charge in [0.1, 0.15) is 5.82 Å². The first-order chi connectivity index (χ1) is 14.1. The Labute approximate surface area is 169 Å². The Morgan fingerprint density at radius 3 is 2.72 bits per heavy atom. The van der Waals surface area contributed by atoms with E-state index in [0.29, 0.717) is 28.8 Å². The fourth-order valence-electron chi connectivity index (χ4n) is 3.71. The summed E-state index contributed by atoms with van der Waals surface area (Å²) in [5, 5.41) is 0.545. The number of ether oxygens (including phenoxy) is 1. The summed E-state index contributed by atoms with van der Waals surface area (Å²) >= 11 is 0. The summed E-state index contributed by atoms with van der Waals surface area (Å²) < 4.78 is 5.75. The number of carbonyl (C=O) groups excluding carboxylic acids is 1. The Morgan fingerprint density at radius 1 is 1.21 bits per heavy atom. The number of aromatic amines is 1. The molecular formula is C23H25N3O3. The van der Waals surface area contributed by atoms with Crippen molar-refractivity contribution < 1.29 is 9.53 Å². The molecule has 6 heteroatoms. The third kappa shape index (κ3) is 4.38. The van der Waals surface area contributed by atoms with E-state index >= 15 is 0 Å². The van der Waals surface area contributed by atoms with Crippen LogP contribution in [0.3, 0.4) is 0 Å². The van der Waals surface area contributed by atoms with Crippen molar-refractivity contribution in [3.63, 3.8) is 0 Å². The number of H-pyrrole nitrogens is 1. The van der Waals surface area contributed by atoms with Gasteiger partial charge in [-0.05, 0) is 49.1 Å². The third-order valence-electron chi connectivity index (χ3n) is 5.35. The van der Waals surface area contributed by atoms with E-state index in [-0.39, 0.29) is 24.1 Å². The van der Waals surface area contributed by atoms with Crippen LogP contribution in [0.4, 0.5) is 0 Å². The maximum atomic E-state index is 13.2. The van der Waals surface area contributed by atoms with Gasteiger partial charge >= 0.3 is 0 Å². The van der Waals surface area contributed by atoms with Crippen molar-refractivity contribution in [2.45, 2.75) is 38.8 Å². The van der Waals surface area contributed by atoms with Crippen LogP contribution in [0.5, 0.6) is 0 Å². The topological polar surface area (TPSA) is 75.3 Å². The predicted molar refractivity (Wildman–Crippen MR) is 112 cm³/mol. The number of rotatable bonds is 6. The van der Waals surface area contributed by atoms with E-state index in [1.165, 1.54) is 5.56 Å². The SMILES string of the molecule is CCc1ccc(C(=O)N(Cc2nc3ccccc3c(=O)[nH]2)C[C@@H]2CCCO2)cc1. The smallest absolute Gasteiger partial charge is 0.258 e. The Kier molecular flexibility index (Phi) is 5.71. The number of aromatic nitrogens is 2. The lowest BCUT2D eigenvalue weighted by Gasteiger charge is -2.25. The molecule has 0 aliphatic carbocycles. The summed E-state index contributed by atoms with van der Waals surface area (Å²) in [6.45, 7) is 3.52. The number of fused-ring (bicyclic) bond motifs is 1. The highest BCUT2D eigenvalue weighted by Gasteiger charge is 2.24. The van der Waals surface area contributed by atoms with Crippen molar-refractivity contribution in [1.29, 1.82) is 0 Å².